The average Bonchev–Trinajstić information content (AvgIpc) is 3.22. The Morgan fingerprint density at radius 1 is 1.03 bits per heavy atom. The van der Waals surface area contributed by atoms with Gasteiger partial charge in [-0.2, -0.15) is 17.5 Å². The normalized spacial score (nSPS) is 15.8. The summed E-state index contributed by atoms with van der Waals surface area (Å²) in [6.07, 6.45) is -4.03. The molecule has 0 radical (unpaired) electrons. The van der Waals surface area contributed by atoms with E-state index < -0.39 is 26.7 Å². The third-order valence-corrected chi connectivity index (χ3v) is 8.23. The SMILES string of the molecule is Cc1cccc(Cc2csc(N3CCN(S(=O)(=O)c4ccccc4C(F)(F)F)CC3)n2)c1. The van der Waals surface area contributed by atoms with Crippen molar-refractivity contribution in [2.75, 3.05) is 31.1 Å². The molecule has 0 amide bonds. The molecule has 2 heterocycles. The highest BCUT2D eigenvalue weighted by Gasteiger charge is 2.39. The van der Waals surface area contributed by atoms with E-state index in [-0.39, 0.29) is 13.1 Å². The molecule has 1 aliphatic rings. The zero-order valence-electron chi connectivity index (χ0n) is 17.3. The van der Waals surface area contributed by atoms with E-state index in [0.717, 1.165) is 27.3 Å². The zero-order chi connectivity index (χ0) is 22.9. The van der Waals surface area contributed by atoms with Crippen molar-refractivity contribution in [2.45, 2.75) is 24.4 Å². The number of anilines is 1. The zero-order valence-corrected chi connectivity index (χ0v) is 19.0. The third kappa shape index (κ3) is 4.82. The summed E-state index contributed by atoms with van der Waals surface area (Å²) in [6, 6.07) is 12.5. The smallest absolute Gasteiger partial charge is 0.345 e. The molecular formula is C22H22F3N3O2S2. The van der Waals surface area contributed by atoms with E-state index in [2.05, 4.69) is 17.1 Å². The summed E-state index contributed by atoms with van der Waals surface area (Å²) in [5.41, 5.74) is 2.15. The molecule has 10 heteroatoms. The van der Waals surface area contributed by atoms with Crippen LogP contribution in [0.2, 0.25) is 0 Å². The number of halogens is 3. The second-order valence-electron chi connectivity index (χ2n) is 7.67. The van der Waals surface area contributed by atoms with E-state index in [4.69, 9.17) is 0 Å². The van der Waals surface area contributed by atoms with Gasteiger partial charge in [-0.25, -0.2) is 13.4 Å². The number of hydrogen-bond acceptors (Lipinski definition) is 5. The van der Waals surface area contributed by atoms with Crippen molar-refractivity contribution in [3.05, 3.63) is 76.3 Å². The van der Waals surface area contributed by atoms with Gasteiger partial charge in [-0.15, -0.1) is 11.3 Å². The highest BCUT2D eigenvalue weighted by Crippen LogP contribution is 2.35. The van der Waals surface area contributed by atoms with Crippen molar-refractivity contribution < 1.29 is 21.6 Å². The van der Waals surface area contributed by atoms with Gasteiger partial charge >= 0.3 is 6.18 Å². The minimum absolute atomic E-state index is 0.0985. The fourth-order valence-electron chi connectivity index (χ4n) is 3.74. The Morgan fingerprint density at radius 3 is 2.44 bits per heavy atom. The van der Waals surface area contributed by atoms with Gasteiger partial charge in [0.15, 0.2) is 5.13 Å². The lowest BCUT2D eigenvalue weighted by Gasteiger charge is -2.34. The van der Waals surface area contributed by atoms with E-state index >= 15 is 0 Å². The topological polar surface area (TPSA) is 53.5 Å². The monoisotopic (exact) mass is 481 g/mol. The van der Waals surface area contributed by atoms with Crippen LogP contribution in [-0.4, -0.2) is 43.9 Å². The predicted molar refractivity (Wildman–Crippen MR) is 119 cm³/mol. The van der Waals surface area contributed by atoms with Gasteiger partial charge in [0.05, 0.1) is 16.2 Å². The molecule has 1 aromatic heterocycles. The first-order valence-corrected chi connectivity index (χ1v) is 12.4. The average molecular weight is 482 g/mol. The first kappa shape index (κ1) is 22.8. The quantitative estimate of drug-likeness (QED) is 0.536. The van der Waals surface area contributed by atoms with Gasteiger partial charge in [0.25, 0.3) is 0 Å². The van der Waals surface area contributed by atoms with Crippen molar-refractivity contribution in [1.82, 2.24) is 9.29 Å². The second-order valence-corrected chi connectivity index (χ2v) is 10.4. The van der Waals surface area contributed by atoms with Crippen LogP contribution in [0.3, 0.4) is 0 Å². The largest absolute Gasteiger partial charge is 0.417 e. The molecule has 0 saturated carbocycles. The molecule has 0 unspecified atom stereocenters. The van der Waals surface area contributed by atoms with E-state index in [9.17, 15) is 21.6 Å². The molecule has 5 nitrogen and oxygen atoms in total. The van der Waals surface area contributed by atoms with Crippen LogP contribution in [0.4, 0.5) is 18.3 Å². The van der Waals surface area contributed by atoms with Crippen LogP contribution in [0.1, 0.15) is 22.4 Å². The lowest BCUT2D eigenvalue weighted by atomic mass is 10.1. The van der Waals surface area contributed by atoms with Gasteiger partial charge in [-0.1, -0.05) is 42.0 Å². The molecule has 1 saturated heterocycles. The highest BCUT2D eigenvalue weighted by atomic mass is 32.2. The predicted octanol–water partition coefficient (Wildman–Crippen LogP) is 4.57. The Morgan fingerprint density at radius 2 is 1.75 bits per heavy atom. The Kier molecular flexibility index (Phi) is 6.28. The molecule has 0 spiro atoms. The van der Waals surface area contributed by atoms with Gasteiger partial charge in [-0.05, 0) is 24.6 Å². The minimum atomic E-state index is -4.74. The molecule has 2 aromatic carbocycles. The van der Waals surface area contributed by atoms with E-state index in [1.807, 2.05) is 29.3 Å². The molecule has 1 aliphatic heterocycles. The van der Waals surface area contributed by atoms with Gasteiger partial charge in [0.2, 0.25) is 10.0 Å². The molecule has 0 N–H and O–H groups in total. The van der Waals surface area contributed by atoms with Crippen LogP contribution < -0.4 is 4.90 Å². The number of aryl methyl sites for hydroxylation is 1. The van der Waals surface area contributed by atoms with Crippen molar-refractivity contribution in [2.24, 2.45) is 0 Å². The summed E-state index contributed by atoms with van der Waals surface area (Å²) in [5.74, 6) is 0. The van der Waals surface area contributed by atoms with Gasteiger partial charge < -0.3 is 4.90 Å². The number of benzene rings is 2. The van der Waals surface area contributed by atoms with Crippen molar-refractivity contribution in [1.29, 1.82) is 0 Å². The number of alkyl halides is 3. The molecule has 3 aromatic rings. The number of thiazole rings is 1. The summed E-state index contributed by atoms with van der Waals surface area (Å²) in [5, 5.41) is 2.78. The molecular weight excluding hydrogens is 459 g/mol. The standard InChI is InChI=1S/C22H22F3N3O2S2/c1-16-5-4-6-17(13-16)14-18-15-31-21(26-18)27-9-11-28(12-10-27)32(29,30)20-8-3-2-7-19(20)22(23,24)25/h2-8,13,15H,9-12,14H2,1H3. The summed E-state index contributed by atoms with van der Waals surface area (Å²) in [4.78, 5) is 5.96. The van der Waals surface area contributed by atoms with E-state index in [1.54, 1.807) is 0 Å². The fourth-order valence-corrected chi connectivity index (χ4v) is 6.25. The Labute approximate surface area is 189 Å². The van der Waals surface area contributed by atoms with Gasteiger partial charge in [0, 0.05) is 38.0 Å². The Hall–Kier alpha value is -2.43. The number of aromatic nitrogens is 1. The number of nitrogens with zero attached hydrogens (tertiary/aromatic N) is 3. The Balaban J connectivity index is 1.44. The third-order valence-electron chi connectivity index (χ3n) is 5.33. The number of hydrogen-bond donors (Lipinski definition) is 0. The van der Waals surface area contributed by atoms with Crippen molar-refractivity contribution >= 4 is 26.5 Å². The van der Waals surface area contributed by atoms with E-state index in [1.165, 1.54) is 34.6 Å². The molecule has 1 fully saturated rings. The van der Waals surface area contributed by atoms with Crippen LogP contribution in [0, 0.1) is 6.92 Å². The lowest BCUT2D eigenvalue weighted by molar-refractivity contribution is -0.139. The molecule has 0 atom stereocenters. The van der Waals surface area contributed by atoms with Gasteiger partial charge in [0.1, 0.15) is 0 Å². The fraction of sp³-hybridized carbons (Fsp3) is 0.318. The summed E-state index contributed by atoms with van der Waals surface area (Å²) in [7, 11) is -4.25. The maximum Gasteiger partial charge on any atom is 0.417 e. The van der Waals surface area contributed by atoms with Crippen molar-refractivity contribution in [3.63, 3.8) is 0 Å². The van der Waals surface area contributed by atoms with E-state index in [0.29, 0.717) is 19.5 Å². The maximum atomic E-state index is 13.3. The lowest BCUT2D eigenvalue weighted by Crippen LogP contribution is -2.49. The summed E-state index contributed by atoms with van der Waals surface area (Å²) in [6.45, 7) is 2.97. The molecule has 0 bridgehead atoms. The van der Waals surface area contributed by atoms with Crippen LogP contribution in [-0.2, 0) is 22.6 Å². The van der Waals surface area contributed by atoms with Crippen molar-refractivity contribution in [3.8, 4) is 0 Å². The molecule has 170 valence electrons. The van der Waals surface area contributed by atoms with Gasteiger partial charge in [-0.3, -0.25) is 0 Å². The second kappa shape index (κ2) is 8.84. The van der Waals surface area contributed by atoms with Crippen LogP contribution in [0.25, 0.3) is 0 Å². The molecule has 4 rings (SSSR count). The van der Waals surface area contributed by atoms with Crippen LogP contribution >= 0.6 is 11.3 Å². The number of rotatable bonds is 5. The van der Waals surface area contributed by atoms with Crippen LogP contribution in [0.15, 0.2) is 58.8 Å². The first-order valence-electron chi connectivity index (χ1n) is 10.1. The molecule has 32 heavy (non-hydrogen) atoms. The summed E-state index contributed by atoms with van der Waals surface area (Å²) >= 11 is 1.49. The first-order chi connectivity index (χ1) is 15.1. The summed E-state index contributed by atoms with van der Waals surface area (Å²) < 4.78 is 66.9. The highest BCUT2D eigenvalue weighted by molar-refractivity contribution is 7.89. The molecule has 0 aliphatic carbocycles. The maximum absolute atomic E-state index is 13.3. The number of piperazine rings is 1. The van der Waals surface area contributed by atoms with Crippen LogP contribution in [0.5, 0.6) is 0 Å². The number of sulfonamides is 1. The Bertz CT molecular complexity index is 1200. The minimum Gasteiger partial charge on any atom is -0.345 e.